The minimum atomic E-state index is -0.439. The minimum Gasteiger partial charge on any atom is -0.458 e. The molecule has 2 N–H and O–H groups in total. The van der Waals surface area contributed by atoms with Crippen LogP contribution in [0.25, 0.3) is 11.0 Å². The second-order valence-electron chi connectivity index (χ2n) is 4.46. The van der Waals surface area contributed by atoms with Gasteiger partial charge in [0.05, 0.1) is 15.0 Å². The summed E-state index contributed by atoms with van der Waals surface area (Å²) in [6.45, 7) is 0. The van der Waals surface area contributed by atoms with Crippen molar-refractivity contribution in [2.24, 2.45) is 5.73 Å². The third-order valence-corrected chi connectivity index (χ3v) is 4.36. The molecule has 5 heteroatoms. The van der Waals surface area contributed by atoms with Crippen molar-refractivity contribution in [1.82, 2.24) is 0 Å². The molecule has 0 amide bonds. The molecule has 102 valence electrons. The van der Waals surface area contributed by atoms with Crippen LogP contribution < -0.4 is 5.73 Å². The number of rotatable bonds is 2. The third-order valence-electron chi connectivity index (χ3n) is 3.12. The SMILES string of the molecule is NC(c1ccc(F)c(Br)c1)c1cc2cccc(Br)c2o1. The maximum atomic E-state index is 13.3. The van der Waals surface area contributed by atoms with Crippen LogP contribution in [0.5, 0.6) is 0 Å². The number of nitrogens with two attached hydrogens (primary N) is 1. The summed E-state index contributed by atoms with van der Waals surface area (Å²) >= 11 is 6.61. The number of hydrogen-bond acceptors (Lipinski definition) is 2. The maximum Gasteiger partial charge on any atom is 0.148 e. The van der Waals surface area contributed by atoms with E-state index in [0.29, 0.717) is 10.2 Å². The topological polar surface area (TPSA) is 39.2 Å². The monoisotopic (exact) mass is 397 g/mol. The number of benzene rings is 2. The Hall–Kier alpha value is -1.17. The fourth-order valence-electron chi connectivity index (χ4n) is 2.07. The second kappa shape index (κ2) is 5.31. The summed E-state index contributed by atoms with van der Waals surface area (Å²) in [6.07, 6.45) is 0. The van der Waals surface area contributed by atoms with E-state index in [2.05, 4.69) is 31.9 Å². The lowest BCUT2D eigenvalue weighted by molar-refractivity contribution is 0.523. The summed E-state index contributed by atoms with van der Waals surface area (Å²) in [5.74, 6) is 0.332. The van der Waals surface area contributed by atoms with Crippen LogP contribution in [-0.2, 0) is 0 Å². The van der Waals surface area contributed by atoms with Gasteiger partial charge in [-0.2, -0.15) is 0 Å². The average Bonchev–Trinajstić information content (AvgIpc) is 2.86. The Kier molecular flexibility index (Phi) is 3.67. The predicted molar refractivity (Wildman–Crippen MR) is 84.0 cm³/mol. The Balaban J connectivity index is 2.05. The second-order valence-corrected chi connectivity index (χ2v) is 6.17. The Morgan fingerprint density at radius 3 is 2.55 bits per heavy atom. The Morgan fingerprint density at radius 1 is 1.05 bits per heavy atom. The molecule has 3 rings (SSSR count). The number of halogens is 3. The summed E-state index contributed by atoms with van der Waals surface area (Å²) in [4.78, 5) is 0. The molecule has 0 radical (unpaired) electrons. The van der Waals surface area contributed by atoms with E-state index in [-0.39, 0.29) is 5.82 Å². The van der Waals surface area contributed by atoms with Crippen LogP contribution in [0.3, 0.4) is 0 Å². The van der Waals surface area contributed by atoms with E-state index in [0.717, 1.165) is 21.0 Å². The summed E-state index contributed by atoms with van der Waals surface area (Å²) in [5, 5.41) is 0.978. The molecule has 2 aromatic carbocycles. The van der Waals surface area contributed by atoms with E-state index >= 15 is 0 Å². The van der Waals surface area contributed by atoms with Crippen molar-refractivity contribution in [3.8, 4) is 0 Å². The predicted octanol–water partition coefficient (Wildman–Crippen LogP) is 5.15. The first kappa shape index (κ1) is 13.8. The summed E-state index contributed by atoms with van der Waals surface area (Å²) < 4.78 is 20.3. The first-order chi connectivity index (χ1) is 9.56. The van der Waals surface area contributed by atoms with Crippen molar-refractivity contribution in [2.75, 3.05) is 0 Å². The molecular formula is C15H10Br2FNO. The van der Waals surface area contributed by atoms with Gasteiger partial charge in [-0.3, -0.25) is 0 Å². The van der Waals surface area contributed by atoms with Gasteiger partial charge in [0, 0.05) is 5.39 Å². The minimum absolute atomic E-state index is 0.312. The van der Waals surface area contributed by atoms with Crippen molar-refractivity contribution >= 4 is 42.8 Å². The Labute approximate surface area is 132 Å². The Bertz CT molecular complexity index is 785. The van der Waals surface area contributed by atoms with E-state index in [1.165, 1.54) is 6.07 Å². The largest absolute Gasteiger partial charge is 0.458 e. The number of furan rings is 1. The molecule has 1 aromatic heterocycles. The molecule has 3 aromatic rings. The molecule has 1 heterocycles. The van der Waals surface area contributed by atoms with Crippen LogP contribution >= 0.6 is 31.9 Å². The van der Waals surface area contributed by atoms with Gasteiger partial charge in [-0.05, 0) is 61.7 Å². The van der Waals surface area contributed by atoms with E-state index in [1.807, 2.05) is 24.3 Å². The molecule has 1 unspecified atom stereocenters. The highest BCUT2D eigenvalue weighted by Crippen LogP contribution is 2.32. The van der Waals surface area contributed by atoms with Gasteiger partial charge in [-0.15, -0.1) is 0 Å². The zero-order chi connectivity index (χ0) is 14.3. The molecule has 0 bridgehead atoms. The Morgan fingerprint density at radius 2 is 1.85 bits per heavy atom. The zero-order valence-electron chi connectivity index (χ0n) is 10.2. The number of hydrogen-bond donors (Lipinski definition) is 1. The fourth-order valence-corrected chi connectivity index (χ4v) is 2.93. The zero-order valence-corrected chi connectivity index (χ0v) is 13.4. The van der Waals surface area contributed by atoms with Crippen molar-refractivity contribution < 1.29 is 8.81 Å². The van der Waals surface area contributed by atoms with Gasteiger partial charge in [-0.25, -0.2) is 4.39 Å². The van der Waals surface area contributed by atoms with Crippen LogP contribution in [0, 0.1) is 5.82 Å². The molecule has 20 heavy (non-hydrogen) atoms. The van der Waals surface area contributed by atoms with Crippen LogP contribution in [0.4, 0.5) is 4.39 Å². The molecule has 2 nitrogen and oxygen atoms in total. The molecule has 0 aliphatic carbocycles. The maximum absolute atomic E-state index is 13.3. The lowest BCUT2D eigenvalue weighted by Crippen LogP contribution is -2.10. The molecule has 0 aliphatic heterocycles. The van der Waals surface area contributed by atoms with Crippen molar-refractivity contribution in [3.05, 3.63) is 68.6 Å². The lowest BCUT2D eigenvalue weighted by atomic mass is 10.1. The van der Waals surface area contributed by atoms with E-state index in [9.17, 15) is 4.39 Å². The van der Waals surface area contributed by atoms with Crippen LogP contribution in [-0.4, -0.2) is 0 Å². The van der Waals surface area contributed by atoms with E-state index in [4.69, 9.17) is 10.2 Å². The number of para-hydroxylation sites is 1. The van der Waals surface area contributed by atoms with Crippen LogP contribution in [0.15, 0.2) is 55.8 Å². The van der Waals surface area contributed by atoms with Crippen LogP contribution in [0.1, 0.15) is 17.4 Å². The normalized spacial score (nSPS) is 12.8. The van der Waals surface area contributed by atoms with Crippen LogP contribution in [0.2, 0.25) is 0 Å². The molecular weight excluding hydrogens is 389 g/mol. The standard InChI is InChI=1S/C15H10Br2FNO/c16-10-3-1-2-9-7-13(20-15(9)10)14(19)8-4-5-12(18)11(17)6-8/h1-7,14H,19H2. The lowest BCUT2D eigenvalue weighted by Gasteiger charge is -2.09. The molecule has 0 saturated heterocycles. The van der Waals surface area contributed by atoms with Gasteiger partial charge in [0.25, 0.3) is 0 Å². The molecule has 0 aliphatic rings. The molecule has 0 spiro atoms. The summed E-state index contributed by atoms with van der Waals surface area (Å²) in [6, 6.07) is 12.0. The highest BCUT2D eigenvalue weighted by molar-refractivity contribution is 9.11. The van der Waals surface area contributed by atoms with Gasteiger partial charge in [0.1, 0.15) is 17.2 Å². The third kappa shape index (κ3) is 2.41. The molecule has 1 atom stereocenters. The fraction of sp³-hybridized carbons (Fsp3) is 0.0667. The van der Waals surface area contributed by atoms with Gasteiger partial charge in [-0.1, -0.05) is 18.2 Å². The molecule has 0 fully saturated rings. The first-order valence-corrected chi connectivity index (χ1v) is 7.53. The quantitative estimate of drug-likeness (QED) is 0.648. The van der Waals surface area contributed by atoms with E-state index in [1.54, 1.807) is 12.1 Å². The number of fused-ring (bicyclic) bond motifs is 1. The smallest absolute Gasteiger partial charge is 0.148 e. The highest BCUT2D eigenvalue weighted by Gasteiger charge is 2.16. The van der Waals surface area contributed by atoms with E-state index < -0.39 is 6.04 Å². The van der Waals surface area contributed by atoms with Gasteiger partial charge < -0.3 is 10.2 Å². The summed E-state index contributed by atoms with van der Waals surface area (Å²) in [7, 11) is 0. The van der Waals surface area contributed by atoms with Gasteiger partial charge in [0.2, 0.25) is 0 Å². The average molecular weight is 399 g/mol. The first-order valence-electron chi connectivity index (χ1n) is 5.95. The molecule has 0 saturated carbocycles. The van der Waals surface area contributed by atoms with Crippen molar-refractivity contribution in [2.45, 2.75) is 6.04 Å². The highest BCUT2D eigenvalue weighted by atomic mass is 79.9. The summed E-state index contributed by atoms with van der Waals surface area (Å²) in [5.41, 5.74) is 7.75. The van der Waals surface area contributed by atoms with Crippen molar-refractivity contribution in [1.29, 1.82) is 0 Å². The van der Waals surface area contributed by atoms with Gasteiger partial charge in [0.15, 0.2) is 0 Å². The van der Waals surface area contributed by atoms with Gasteiger partial charge >= 0.3 is 0 Å². The van der Waals surface area contributed by atoms with Crippen molar-refractivity contribution in [3.63, 3.8) is 0 Å².